The highest BCUT2D eigenvalue weighted by molar-refractivity contribution is 6.00. The van der Waals surface area contributed by atoms with Crippen molar-refractivity contribution < 1.29 is 4.74 Å². The van der Waals surface area contributed by atoms with Gasteiger partial charge in [0.25, 0.3) is 0 Å². The van der Waals surface area contributed by atoms with Gasteiger partial charge >= 0.3 is 0 Å². The molecule has 0 spiro atoms. The van der Waals surface area contributed by atoms with E-state index < -0.39 is 0 Å². The third-order valence-electron chi connectivity index (χ3n) is 1.86. The number of rotatable bonds is 3. The van der Waals surface area contributed by atoms with Crippen molar-refractivity contribution >= 4 is 12.2 Å². The monoisotopic (exact) mass is 206 g/mol. The average Bonchev–Trinajstić information content (AvgIpc) is 2.25. The molecule has 0 unspecified atom stereocenters. The lowest BCUT2D eigenvalue weighted by molar-refractivity contribution is 0.414. The van der Waals surface area contributed by atoms with Crippen molar-refractivity contribution in [3.63, 3.8) is 0 Å². The second-order valence-corrected chi connectivity index (χ2v) is 2.95. The first-order chi connectivity index (χ1) is 7.19. The van der Waals surface area contributed by atoms with E-state index in [2.05, 4.69) is 10.2 Å². The Morgan fingerprint density at radius 2 is 2.20 bits per heavy atom. The first-order valence-corrected chi connectivity index (χ1v) is 4.40. The molecule has 5 heteroatoms. The summed E-state index contributed by atoms with van der Waals surface area (Å²) in [5.74, 6) is 0.936. The minimum Gasteiger partial charge on any atom is -0.496 e. The van der Waals surface area contributed by atoms with Gasteiger partial charge in [-0.05, 0) is 19.1 Å². The van der Waals surface area contributed by atoms with Crippen molar-refractivity contribution in [3.05, 3.63) is 29.3 Å². The fourth-order valence-electron chi connectivity index (χ4n) is 1.17. The molecule has 0 radical (unpaired) electrons. The summed E-state index contributed by atoms with van der Waals surface area (Å²) < 4.78 is 5.16. The summed E-state index contributed by atoms with van der Waals surface area (Å²) in [6.07, 6.45) is 1.08. The van der Waals surface area contributed by atoms with Crippen LogP contribution in [0.15, 0.2) is 28.4 Å². The Morgan fingerprint density at radius 3 is 2.80 bits per heavy atom. The molecule has 15 heavy (non-hydrogen) atoms. The summed E-state index contributed by atoms with van der Waals surface area (Å²) in [5, 5.41) is 7.23. The van der Waals surface area contributed by atoms with Crippen LogP contribution in [0.3, 0.4) is 0 Å². The number of ether oxygens (including phenoxy) is 1. The largest absolute Gasteiger partial charge is 0.496 e. The molecule has 80 valence electrons. The molecule has 0 fully saturated rings. The van der Waals surface area contributed by atoms with Crippen LogP contribution in [0.1, 0.15) is 11.1 Å². The van der Waals surface area contributed by atoms with Gasteiger partial charge in [-0.3, -0.25) is 0 Å². The van der Waals surface area contributed by atoms with Gasteiger partial charge in [-0.15, -0.1) is 10.2 Å². The maximum atomic E-state index is 5.73. The van der Waals surface area contributed by atoms with Crippen LogP contribution in [0, 0.1) is 6.92 Å². The molecule has 0 heterocycles. The zero-order valence-electron chi connectivity index (χ0n) is 8.77. The van der Waals surface area contributed by atoms with E-state index in [9.17, 15) is 0 Å². The lowest BCUT2D eigenvalue weighted by Gasteiger charge is -2.07. The summed E-state index contributed by atoms with van der Waals surface area (Å²) in [4.78, 5) is 0. The minimum atomic E-state index is 0.275. The molecule has 1 aromatic carbocycles. The van der Waals surface area contributed by atoms with Gasteiger partial charge in [0.05, 0.1) is 12.7 Å². The maximum Gasteiger partial charge on any atom is 0.157 e. The Balaban J connectivity index is 3.16. The smallest absolute Gasteiger partial charge is 0.157 e. The van der Waals surface area contributed by atoms with Crippen LogP contribution in [-0.2, 0) is 0 Å². The van der Waals surface area contributed by atoms with Crippen LogP contribution < -0.4 is 16.2 Å². The van der Waals surface area contributed by atoms with Gasteiger partial charge in [-0.25, -0.2) is 0 Å². The Labute approximate surface area is 88.4 Å². The Bertz CT molecular complexity index is 398. The van der Waals surface area contributed by atoms with Gasteiger partial charge in [0.1, 0.15) is 12.1 Å². The third kappa shape index (κ3) is 2.70. The van der Waals surface area contributed by atoms with Crippen LogP contribution in [0.4, 0.5) is 0 Å². The minimum absolute atomic E-state index is 0.275. The number of nitrogens with two attached hydrogens (primary N) is 2. The zero-order chi connectivity index (χ0) is 11.3. The fourth-order valence-corrected chi connectivity index (χ4v) is 1.17. The SMILES string of the molecule is COc1ccc(C)cc1/C(N)=N/N=C\N. The second-order valence-electron chi connectivity index (χ2n) is 2.95. The molecule has 0 aliphatic carbocycles. The molecular formula is C10H14N4O. The molecule has 0 aliphatic rings. The van der Waals surface area contributed by atoms with Crippen molar-refractivity contribution in [2.24, 2.45) is 21.7 Å². The van der Waals surface area contributed by atoms with Crippen molar-refractivity contribution in [2.75, 3.05) is 7.11 Å². The van der Waals surface area contributed by atoms with E-state index in [1.807, 2.05) is 25.1 Å². The molecule has 0 atom stereocenters. The molecule has 0 bridgehead atoms. The summed E-state index contributed by atoms with van der Waals surface area (Å²) >= 11 is 0. The van der Waals surface area contributed by atoms with E-state index in [0.717, 1.165) is 11.9 Å². The van der Waals surface area contributed by atoms with E-state index >= 15 is 0 Å². The number of methoxy groups -OCH3 is 1. The van der Waals surface area contributed by atoms with E-state index in [-0.39, 0.29) is 5.84 Å². The molecule has 1 rings (SSSR count). The molecular weight excluding hydrogens is 192 g/mol. The van der Waals surface area contributed by atoms with Gasteiger partial charge < -0.3 is 16.2 Å². The van der Waals surface area contributed by atoms with Crippen LogP contribution in [0.2, 0.25) is 0 Å². The normalized spacial score (nSPS) is 12.0. The lowest BCUT2D eigenvalue weighted by Crippen LogP contribution is -2.14. The Hall–Kier alpha value is -2.04. The molecule has 0 saturated carbocycles. The van der Waals surface area contributed by atoms with Gasteiger partial charge in [-0.1, -0.05) is 11.6 Å². The van der Waals surface area contributed by atoms with Gasteiger partial charge in [-0.2, -0.15) is 0 Å². The van der Waals surface area contributed by atoms with E-state index in [4.69, 9.17) is 16.2 Å². The summed E-state index contributed by atoms with van der Waals surface area (Å²) in [7, 11) is 1.58. The second kappa shape index (κ2) is 4.99. The van der Waals surface area contributed by atoms with E-state index in [1.54, 1.807) is 7.11 Å². The van der Waals surface area contributed by atoms with Gasteiger partial charge in [0.2, 0.25) is 0 Å². The maximum absolute atomic E-state index is 5.73. The number of hydrogen-bond donors (Lipinski definition) is 2. The predicted octanol–water partition coefficient (Wildman–Crippen LogP) is 0.611. The van der Waals surface area contributed by atoms with Crippen molar-refractivity contribution in [1.82, 2.24) is 0 Å². The zero-order valence-corrected chi connectivity index (χ0v) is 8.77. The van der Waals surface area contributed by atoms with Crippen molar-refractivity contribution in [3.8, 4) is 5.75 Å². The number of aryl methyl sites for hydroxylation is 1. The highest BCUT2D eigenvalue weighted by Crippen LogP contribution is 2.19. The molecule has 1 aromatic rings. The van der Waals surface area contributed by atoms with Crippen LogP contribution >= 0.6 is 0 Å². The highest BCUT2D eigenvalue weighted by atomic mass is 16.5. The molecule has 5 nitrogen and oxygen atoms in total. The van der Waals surface area contributed by atoms with Crippen LogP contribution in [0.5, 0.6) is 5.75 Å². The average molecular weight is 206 g/mol. The third-order valence-corrected chi connectivity index (χ3v) is 1.86. The van der Waals surface area contributed by atoms with Gasteiger partial charge in [0, 0.05) is 0 Å². The summed E-state index contributed by atoms with van der Waals surface area (Å²) in [6.45, 7) is 1.96. The quantitative estimate of drug-likeness (QED) is 0.431. The fraction of sp³-hybridized carbons (Fsp3) is 0.200. The van der Waals surface area contributed by atoms with Crippen molar-refractivity contribution in [2.45, 2.75) is 6.92 Å². The Kier molecular flexibility index (Phi) is 3.68. The molecule has 0 aliphatic heterocycles. The van der Waals surface area contributed by atoms with Crippen LogP contribution in [0.25, 0.3) is 0 Å². The standard InChI is InChI=1S/C10H14N4O/c1-7-3-4-9(15-2)8(5-7)10(12)14-13-6-11/h3-6H,1-2H3,(H2,11,13)(H2,12,14). The highest BCUT2D eigenvalue weighted by Gasteiger charge is 2.06. The topological polar surface area (TPSA) is 86.0 Å². The first-order valence-electron chi connectivity index (χ1n) is 4.40. The molecule has 4 N–H and O–H groups in total. The van der Waals surface area contributed by atoms with E-state index in [1.165, 1.54) is 0 Å². The van der Waals surface area contributed by atoms with Crippen molar-refractivity contribution in [1.29, 1.82) is 0 Å². The summed E-state index contributed by atoms with van der Waals surface area (Å²) in [6, 6.07) is 5.64. The number of benzene rings is 1. The molecule has 0 amide bonds. The molecule has 0 aromatic heterocycles. The number of hydrogen-bond acceptors (Lipinski definition) is 3. The number of nitrogens with zero attached hydrogens (tertiary/aromatic N) is 2. The van der Waals surface area contributed by atoms with E-state index in [0.29, 0.717) is 11.3 Å². The Morgan fingerprint density at radius 1 is 1.47 bits per heavy atom. The lowest BCUT2D eigenvalue weighted by atomic mass is 10.1. The predicted molar refractivity (Wildman–Crippen MR) is 61.1 cm³/mol. The van der Waals surface area contributed by atoms with Crippen LogP contribution in [-0.4, -0.2) is 19.3 Å². The number of amidine groups is 1. The summed E-state index contributed by atoms with van der Waals surface area (Å²) in [5.41, 5.74) is 12.6. The van der Waals surface area contributed by atoms with Gasteiger partial charge in [0.15, 0.2) is 5.84 Å². The first kappa shape index (κ1) is 11.0. The molecule has 0 saturated heterocycles.